The molecule has 5 atom stereocenters. The predicted octanol–water partition coefficient (Wildman–Crippen LogP) is 4.27. The molecule has 0 N–H and O–H groups in total. The lowest BCUT2D eigenvalue weighted by Gasteiger charge is -2.43. The van der Waals surface area contributed by atoms with E-state index in [1.54, 1.807) is 5.57 Å². The summed E-state index contributed by atoms with van der Waals surface area (Å²) in [7, 11) is 0. The van der Waals surface area contributed by atoms with Crippen LogP contribution in [0.5, 0.6) is 0 Å². The molecule has 0 heterocycles. The number of hydrogen-bond donors (Lipinski definition) is 0. The maximum atomic E-state index is 4.45. The van der Waals surface area contributed by atoms with E-state index in [2.05, 4.69) is 27.4 Å². The second kappa shape index (κ2) is 2.90. The van der Waals surface area contributed by atoms with E-state index in [1.807, 2.05) is 0 Å². The van der Waals surface area contributed by atoms with Crippen LogP contribution in [-0.2, 0) is 0 Å². The zero-order valence-corrected chi connectivity index (χ0v) is 10.4. The summed E-state index contributed by atoms with van der Waals surface area (Å²) in [6, 6.07) is 0. The van der Waals surface area contributed by atoms with Crippen molar-refractivity contribution in [2.75, 3.05) is 0 Å². The highest BCUT2D eigenvalue weighted by Gasteiger charge is 2.61. The third-order valence-electron chi connectivity index (χ3n) is 6.07. The van der Waals surface area contributed by atoms with Gasteiger partial charge in [0.1, 0.15) is 0 Å². The topological polar surface area (TPSA) is 0 Å². The molecule has 4 bridgehead atoms. The van der Waals surface area contributed by atoms with E-state index >= 15 is 0 Å². The maximum Gasteiger partial charge on any atom is -0.00849 e. The monoisotopic (exact) mass is 204 g/mol. The zero-order chi connectivity index (χ0) is 10.8. The van der Waals surface area contributed by atoms with Crippen LogP contribution in [0.15, 0.2) is 12.2 Å². The standard InChI is InChI=1S/C15H24/c1-9(2)11-7-8-15(4)10(3)12-5-6-13(15)14(11)12/h9,11-14H,3,5-8H2,1-2,4H3/t11-,12?,13?,14?,15+/m0/s1. The van der Waals surface area contributed by atoms with Gasteiger partial charge in [0.2, 0.25) is 0 Å². The van der Waals surface area contributed by atoms with Gasteiger partial charge in [0.25, 0.3) is 0 Å². The van der Waals surface area contributed by atoms with Gasteiger partial charge < -0.3 is 0 Å². The Morgan fingerprint density at radius 1 is 1.27 bits per heavy atom. The van der Waals surface area contributed by atoms with Crippen LogP contribution in [0, 0.1) is 35.0 Å². The van der Waals surface area contributed by atoms with Crippen LogP contribution < -0.4 is 0 Å². The Hall–Kier alpha value is -0.260. The molecule has 84 valence electrons. The molecule has 3 fully saturated rings. The van der Waals surface area contributed by atoms with Crippen LogP contribution >= 0.6 is 0 Å². The van der Waals surface area contributed by atoms with E-state index in [4.69, 9.17) is 0 Å². The highest BCUT2D eigenvalue weighted by molar-refractivity contribution is 5.29. The second-order valence-corrected chi connectivity index (χ2v) is 6.76. The van der Waals surface area contributed by atoms with Crippen LogP contribution in [0.25, 0.3) is 0 Å². The molecule has 0 spiro atoms. The van der Waals surface area contributed by atoms with Crippen molar-refractivity contribution >= 4 is 0 Å². The molecule has 3 aliphatic rings. The number of allylic oxidation sites excluding steroid dienone is 1. The summed E-state index contributed by atoms with van der Waals surface area (Å²) in [6.45, 7) is 11.8. The van der Waals surface area contributed by atoms with Crippen LogP contribution in [0.2, 0.25) is 0 Å². The molecule has 0 nitrogen and oxygen atoms in total. The van der Waals surface area contributed by atoms with Gasteiger partial charge in [0.15, 0.2) is 0 Å². The molecule has 3 rings (SSSR count). The molecular formula is C15H24. The van der Waals surface area contributed by atoms with E-state index < -0.39 is 0 Å². The van der Waals surface area contributed by atoms with Gasteiger partial charge in [-0.1, -0.05) is 32.9 Å². The molecule has 0 aromatic carbocycles. The molecule has 0 heteroatoms. The quantitative estimate of drug-likeness (QED) is 0.559. The van der Waals surface area contributed by atoms with Gasteiger partial charge >= 0.3 is 0 Å². The summed E-state index contributed by atoms with van der Waals surface area (Å²) < 4.78 is 0. The third kappa shape index (κ3) is 1.04. The highest BCUT2D eigenvalue weighted by atomic mass is 14.7. The lowest BCUT2D eigenvalue weighted by molar-refractivity contribution is 0.0780. The zero-order valence-electron chi connectivity index (χ0n) is 10.4. The van der Waals surface area contributed by atoms with E-state index in [0.717, 1.165) is 29.6 Å². The Kier molecular flexibility index (Phi) is 1.92. The van der Waals surface area contributed by atoms with Crippen molar-refractivity contribution in [2.24, 2.45) is 35.0 Å². The minimum Gasteiger partial charge on any atom is -0.0990 e. The first kappa shape index (κ1) is 9.93. The molecule has 3 saturated carbocycles. The molecule has 0 amide bonds. The van der Waals surface area contributed by atoms with E-state index in [0.29, 0.717) is 5.41 Å². The average molecular weight is 204 g/mol. The van der Waals surface area contributed by atoms with Gasteiger partial charge in [-0.2, -0.15) is 0 Å². The molecule has 15 heavy (non-hydrogen) atoms. The molecule has 3 unspecified atom stereocenters. The van der Waals surface area contributed by atoms with Crippen molar-refractivity contribution in [2.45, 2.75) is 46.5 Å². The smallest absolute Gasteiger partial charge is 0.00849 e. The Morgan fingerprint density at radius 3 is 2.67 bits per heavy atom. The van der Waals surface area contributed by atoms with Crippen LogP contribution in [0.1, 0.15) is 46.5 Å². The van der Waals surface area contributed by atoms with Gasteiger partial charge in [-0.05, 0) is 60.7 Å². The summed E-state index contributed by atoms with van der Waals surface area (Å²) in [5.41, 5.74) is 2.17. The average Bonchev–Trinajstić information content (AvgIpc) is 2.65. The molecule has 3 aliphatic carbocycles. The van der Waals surface area contributed by atoms with E-state index in [-0.39, 0.29) is 0 Å². The van der Waals surface area contributed by atoms with Gasteiger partial charge in [-0.3, -0.25) is 0 Å². The van der Waals surface area contributed by atoms with Crippen molar-refractivity contribution in [1.29, 1.82) is 0 Å². The summed E-state index contributed by atoms with van der Waals surface area (Å²) in [5.74, 6) is 4.78. The fourth-order valence-corrected chi connectivity index (χ4v) is 5.22. The molecule has 0 aromatic heterocycles. The molecule has 0 aliphatic heterocycles. The fourth-order valence-electron chi connectivity index (χ4n) is 5.22. The fraction of sp³-hybridized carbons (Fsp3) is 0.867. The Morgan fingerprint density at radius 2 is 2.00 bits per heavy atom. The van der Waals surface area contributed by atoms with Crippen LogP contribution in [0.4, 0.5) is 0 Å². The van der Waals surface area contributed by atoms with E-state index in [1.165, 1.54) is 25.7 Å². The van der Waals surface area contributed by atoms with E-state index in [9.17, 15) is 0 Å². The maximum absolute atomic E-state index is 4.45. The normalized spacial score (nSPS) is 52.9. The van der Waals surface area contributed by atoms with Crippen molar-refractivity contribution in [3.63, 3.8) is 0 Å². The minimum absolute atomic E-state index is 0.541. The summed E-state index contributed by atoms with van der Waals surface area (Å²) in [5, 5.41) is 0. The summed E-state index contributed by atoms with van der Waals surface area (Å²) >= 11 is 0. The van der Waals surface area contributed by atoms with Gasteiger partial charge in [0.05, 0.1) is 0 Å². The van der Waals surface area contributed by atoms with Crippen LogP contribution in [-0.4, -0.2) is 0 Å². The Labute approximate surface area is 94.1 Å². The summed E-state index contributed by atoms with van der Waals surface area (Å²) in [6.07, 6.45) is 5.83. The lowest BCUT2D eigenvalue weighted by Crippen LogP contribution is -2.35. The van der Waals surface area contributed by atoms with Crippen LogP contribution in [0.3, 0.4) is 0 Å². The molecule has 0 radical (unpaired) electrons. The van der Waals surface area contributed by atoms with Gasteiger partial charge in [-0.15, -0.1) is 0 Å². The van der Waals surface area contributed by atoms with Gasteiger partial charge in [-0.25, -0.2) is 0 Å². The minimum atomic E-state index is 0.541. The first-order chi connectivity index (χ1) is 7.05. The Bertz CT molecular complexity index is 301. The number of rotatable bonds is 1. The second-order valence-electron chi connectivity index (χ2n) is 6.76. The summed E-state index contributed by atoms with van der Waals surface area (Å²) in [4.78, 5) is 0. The predicted molar refractivity (Wildman–Crippen MR) is 64.5 cm³/mol. The van der Waals surface area contributed by atoms with Crippen molar-refractivity contribution in [1.82, 2.24) is 0 Å². The number of hydrogen-bond acceptors (Lipinski definition) is 0. The largest absolute Gasteiger partial charge is 0.0990 e. The van der Waals surface area contributed by atoms with Crippen molar-refractivity contribution in [3.05, 3.63) is 12.2 Å². The first-order valence-corrected chi connectivity index (χ1v) is 6.75. The van der Waals surface area contributed by atoms with Gasteiger partial charge in [0, 0.05) is 0 Å². The Balaban J connectivity index is 2.00. The van der Waals surface area contributed by atoms with Crippen molar-refractivity contribution < 1.29 is 0 Å². The molecular weight excluding hydrogens is 180 g/mol. The lowest BCUT2D eigenvalue weighted by atomic mass is 9.62. The molecule has 0 saturated heterocycles. The third-order valence-corrected chi connectivity index (χ3v) is 6.07. The first-order valence-electron chi connectivity index (χ1n) is 6.75. The van der Waals surface area contributed by atoms with Crippen molar-refractivity contribution in [3.8, 4) is 0 Å². The highest BCUT2D eigenvalue weighted by Crippen LogP contribution is 2.69. The molecule has 0 aromatic rings. The SMILES string of the molecule is C=C1C2CCC3C2[C@H](C(C)C)CC[C@]13C.